The highest BCUT2D eigenvalue weighted by molar-refractivity contribution is 5.72. The Balaban J connectivity index is 1.61. The van der Waals surface area contributed by atoms with Crippen LogP contribution < -0.4 is 4.90 Å². The number of hydrogen-bond donors (Lipinski definition) is 0. The summed E-state index contributed by atoms with van der Waals surface area (Å²) in [5, 5.41) is 0. The molecule has 2 atom stereocenters. The Morgan fingerprint density at radius 1 is 1.33 bits per heavy atom. The number of benzene rings is 1. The molecule has 0 aromatic heterocycles. The molecule has 21 heavy (non-hydrogen) atoms. The highest BCUT2D eigenvalue weighted by Gasteiger charge is 2.54. The van der Waals surface area contributed by atoms with Crippen LogP contribution in [0.2, 0.25) is 0 Å². The third kappa shape index (κ3) is 2.44. The molecule has 0 spiro atoms. The van der Waals surface area contributed by atoms with Crippen molar-refractivity contribution in [3.8, 4) is 12.3 Å². The predicted octanol–water partition coefficient (Wildman–Crippen LogP) is 2.48. The number of anilines is 1. The Labute approximate surface area is 125 Å². The second kappa shape index (κ2) is 4.70. The van der Waals surface area contributed by atoms with Gasteiger partial charge in [-0.1, -0.05) is 12.0 Å². The van der Waals surface area contributed by atoms with Crippen LogP contribution in [0.1, 0.15) is 26.3 Å². The summed E-state index contributed by atoms with van der Waals surface area (Å²) in [5.41, 5.74) is 1.59. The quantitative estimate of drug-likeness (QED) is 0.743. The van der Waals surface area contributed by atoms with E-state index in [2.05, 4.69) is 16.9 Å². The molecule has 0 N–H and O–H groups in total. The number of piperazine rings is 1. The molecule has 1 unspecified atom stereocenters. The molecule has 1 amide bonds. The van der Waals surface area contributed by atoms with Crippen molar-refractivity contribution in [1.82, 2.24) is 4.90 Å². The van der Waals surface area contributed by atoms with Crippen LogP contribution in [0.4, 0.5) is 10.5 Å². The number of hydrogen-bond acceptors (Lipinski definition) is 3. The van der Waals surface area contributed by atoms with Gasteiger partial charge in [-0.15, -0.1) is 6.42 Å². The lowest BCUT2D eigenvalue weighted by Crippen LogP contribution is -2.80. The summed E-state index contributed by atoms with van der Waals surface area (Å²) in [6.45, 7) is 7.24. The van der Waals surface area contributed by atoms with Crippen molar-refractivity contribution in [3.05, 3.63) is 29.8 Å². The third-order valence-corrected chi connectivity index (χ3v) is 3.98. The van der Waals surface area contributed by atoms with E-state index in [0.29, 0.717) is 6.04 Å². The largest absolute Gasteiger partial charge is 0.444 e. The van der Waals surface area contributed by atoms with Gasteiger partial charge in [0.25, 0.3) is 0 Å². The van der Waals surface area contributed by atoms with Crippen LogP contribution in [0.25, 0.3) is 0 Å². The molecule has 0 saturated carbocycles. The average molecular weight is 284 g/mol. The van der Waals surface area contributed by atoms with Crippen LogP contribution in [0, 0.1) is 12.3 Å². The lowest BCUT2D eigenvalue weighted by molar-refractivity contribution is -0.0309. The van der Waals surface area contributed by atoms with Gasteiger partial charge in [0.1, 0.15) is 5.60 Å². The van der Waals surface area contributed by atoms with Crippen molar-refractivity contribution in [2.24, 2.45) is 0 Å². The maximum Gasteiger partial charge on any atom is 0.410 e. The van der Waals surface area contributed by atoms with Gasteiger partial charge in [-0.2, -0.15) is 0 Å². The minimum Gasteiger partial charge on any atom is -0.444 e. The van der Waals surface area contributed by atoms with Gasteiger partial charge in [-0.3, -0.25) is 4.90 Å². The fourth-order valence-corrected chi connectivity index (χ4v) is 2.86. The van der Waals surface area contributed by atoms with Gasteiger partial charge in [-0.25, -0.2) is 4.79 Å². The lowest BCUT2D eigenvalue weighted by atomic mass is 9.85. The van der Waals surface area contributed by atoms with E-state index in [1.54, 1.807) is 0 Å². The summed E-state index contributed by atoms with van der Waals surface area (Å²) < 4.78 is 5.41. The van der Waals surface area contributed by atoms with Gasteiger partial charge >= 0.3 is 6.09 Å². The third-order valence-electron chi connectivity index (χ3n) is 3.98. The number of carbonyl (C=O) groups is 1. The molecule has 110 valence electrons. The zero-order valence-corrected chi connectivity index (χ0v) is 12.7. The first-order chi connectivity index (χ1) is 9.89. The second-order valence-electron chi connectivity index (χ2n) is 6.61. The Hall–Kier alpha value is -2.15. The maximum atomic E-state index is 12.0. The van der Waals surface area contributed by atoms with E-state index in [4.69, 9.17) is 11.2 Å². The van der Waals surface area contributed by atoms with Gasteiger partial charge in [0.2, 0.25) is 0 Å². The molecule has 0 radical (unpaired) electrons. The molecule has 0 aliphatic carbocycles. The molecule has 3 rings (SSSR count). The summed E-state index contributed by atoms with van der Waals surface area (Å²) in [7, 11) is 0. The van der Waals surface area contributed by atoms with Crippen molar-refractivity contribution in [1.29, 1.82) is 0 Å². The normalized spacial score (nSPS) is 23.5. The van der Waals surface area contributed by atoms with E-state index in [9.17, 15) is 4.79 Å². The first-order valence-electron chi connectivity index (χ1n) is 7.22. The number of amides is 1. The number of nitrogens with zero attached hydrogens (tertiary/aromatic N) is 2. The SMILES string of the molecule is C#Cc1cccc(N2CC3[C@H]2CN3C(=O)OC(C)(C)C)c1. The van der Waals surface area contributed by atoms with Gasteiger partial charge in [0.15, 0.2) is 0 Å². The topological polar surface area (TPSA) is 32.8 Å². The van der Waals surface area contributed by atoms with Crippen LogP contribution in [-0.2, 0) is 4.74 Å². The lowest BCUT2D eigenvalue weighted by Gasteiger charge is -2.62. The molecule has 1 aromatic carbocycles. The molecule has 2 heterocycles. The molecule has 2 aliphatic heterocycles. The fraction of sp³-hybridized carbons (Fsp3) is 0.471. The molecule has 2 saturated heterocycles. The van der Waals surface area contributed by atoms with E-state index >= 15 is 0 Å². The van der Waals surface area contributed by atoms with Gasteiger partial charge in [0, 0.05) is 24.3 Å². The van der Waals surface area contributed by atoms with E-state index < -0.39 is 5.60 Å². The number of fused-ring (bicyclic) bond motifs is 1. The van der Waals surface area contributed by atoms with Gasteiger partial charge < -0.3 is 9.64 Å². The van der Waals surface area contributed by atoms with E-state index in [1.165, 1.54) is 0 Å². The van der Waals surface area contributed by atoms with Gasteiger partial charge in [0.05, 0.1) is 12.1 Å². The first-order valence-corrected chi connectivity index (χ1v) is 7.22. The minimum absolute atomic E-state index is 0.208. The summed E-state index contributed by atoms with van der Waals surface area (Å²) in [5.74, 6) is 2.66. The van der Waals surface area contributed by atoms with E-state index in [-0.39, 0.29) is 12.1 Å². The predicted molar refractivity (Wildman–Crippen MR) is 82.2 cm³/mol. The van der Waals surface area contributed by atoms with Crippen LogP contribution >= 0.6 is 0 Å². The van der Waals surface area contributed by atoms with Crippen molar-refractivity contribution in [2.45, 2.75) is 38.5 Å². The minimum atomic E-state index is -0.438. The molecule has 4 nitrogen and oxygen atoms in total. The molecule has 4 heteroatoms. The van der Waals surface area contributed by atoms with Crippen molar-refractivity contribution in [2.75, 3.05) is 18.0 Å². The summed E-state index contributed by atoms with van der Waals surface area (Å²) in [6, 6.07) is 8.65. The summed E-state index contributed by atoms with van der Waals surface area (Å²) in [4.78, 5) is 16.1. The Morgan fingerprint density at radius 2 is 2.10 bits per heavy atom. The molecule has 2 fully saturated rings. The smallest absolute Gasteiger partial charge is 0.410 e. The van der Waals surface area contributed by atoms with Crippen LogP contribution in [0.15, 0.2) is 24.3 Å². The number of terminal acetylenes is 1. The molecule has 1 aromatic rings. The molecule has 0 bridgehead atoms. The zero-order chi connectivity index (χ0) is 15.2. The second-order valence-corrected chi connectivity index (χ2v) is 6.61. The first kappa shape index (κ1) is 13.8. The number of ether oxygens (including phenoxy) is 1. The Kier molecular flexibility index (Phi) is 3.09. The number of carbonyl (C=O) groups excluding carboxylic acids is 1. The fourth-order valence-electron chi connectivity index (χ4n) is 2.86. The molecular weight excluding hydrogens is 264 g/mol. The maximum absolute atomic E-state index is 12.0. The summed E-state index contributed by atoms with van der Waals surface area (Å²) >= 11 is 0. The van der Waals surface area contributed by atoms with E-state index in [1.807, 2.05) is 43.9 Å². The standard InChI is InChI=1S/C17H20N2O2/c1-5-12-7-6-8-13(9-12)18-10-15-14(18)11-19(15)16(20)21-17(2,3)4/h1,6-9,14-15H,10-11H2,2-4H3/t14-,15?/m1/s1. The Bertz CT molecular complexity index is 612. The van der Waals surface area contributed by atoms with Crippen molar-refractivity contribution >= 4 is 11.8 Å². The van der Waals surface area contributed by atoms with Crippen LogP contribution in [0.3, 0.4) is 0 Å². The van der Waals surface area contributed by atoms with Crippen molar-refractivity contribution < 1.29 is 9.53 Å². The monoisotopic (exact) mass is 284 g/mol. The Morgan fingerprint density at radius 3 is 2.67 bits per heavy atom. The highest BCUT2D eigenvalue weighted by Crippen LogP contribution is 2.38. The van der Waals surface area contributed by atoms with Crippen LogP contribution in [0.5, 0.6) is 0 Å². The van der Waals surface area contributed by atoms with Crippen molar-refractivity contribution in [3.63, 3.8) is 0 Å². The average Bonchev–Trinajstić information content (AvgIpc) is 2.39. The number of rotatable bonds is 1. The summed E-state index contributed by atoms with van der Waals surface area (Å²) in [6.07, 6.45) is 5.23. The molecular formula is C17H20N2O2. The highest BCUT2D eigenvalue weighted by atomic mass is 16.6. The zero-order valence-electron chi connectivity index (χ0n) is 12.7. The van der Waals surface area contributed by atoms with E-state index in [0.717, 1.165) is 24.3 Å². The van der Waals surface area contributed by atoms with Gasteiger partial charge in [-0.05, 0) is 39.0 Å². The number of likely N-dealkylation sites (tertiary alicyclic amines) is 1. The van der Waals surface area contributed by atoms with Crippen LogP contribution in [-0.4, -0.2) is 41.8 Å². The molecule has 2 aliphatic rings.